The zero-order valence-electron chi connectivity index (χ0n) is 11.9. The molecule has 0 amide bonds. The highest BCUT2D eigenvalue weighted by Crippen LogP contribution is 2.18. The van der Waals surface area contributed by atoms with Gasteiger partial charge in [0.25, 0.3) is 0 Å². The van der Waals surface area contributed by atoms with Gasteiger partial charge in [-0.2, -0.15) is 0 Å². The summed E-state index contributed by atoms with van der Waals surface area (Å²) in [6.45, 7) is 20.1. The van der Waals surface area contributed by atoms with Gasteiger partial charge in [-0.15, -0.1) is 0 Å². The summed E-state index contributed by atoms with van der Waals surface area (Å²) in [5.74, 6) is 0.533. The van der Waals surface area contributed by atoms with E-state index in [0.29, 0.717) is 5.92 Å². The molecule has 0 nitrogen and oxygen atoms in total. The lowest BCUT2D eigenvalue weighted by atomic mass is 9.95. The van der Waals surface area contributed by atoms with Gasteiger partial charge in [0.1, 0.15) is 0 Å². The Kier molecular flexibility index (Phi) is 8.65. The van der Waals surface area contributed by atoms with Crippen LogP contribution in [0.5, 0.6) is 0 Å². The minimum atomic E-state index is 0.533. The van der Waals surface area contributed by atoms with E-state index in [0.717, 1.165) is 16.7 Å². The lowest BCUT2D eigenvalue weighted by molar-refractivity contribution is 0.582. The molecular formula is C18H26. The summed E-state index contributed by atoms with van der Waals surface area (Å²) in [6.07, 6.45) is 13.2. The van der Waals surface area contributed by atoms with Crippen LogP contribution < -0.4 is 0 Å². The molecule has 98 valence electrons. The summed E-state index contributed by atoms with van der Waals surface area (Å²) in [6, 6.07) is 0. The van der Waals surface area contributed by atoms with Gasteiger partial charge in [-0.1, -0.05) is 89.0 Å². The quantitative estimate of drug-likeness (QED) is 0.450. The average molecular weight is 242 g/mol. The minimum Gasteiger partial charge on any atom is -0.0991 e. The predicted octanol–water partition coefficient (Wildman–Crippen LogP) is 5.78. The Labute approximate surface area is 113 Å². The lowest BCUT2D eigenvalue weighted by Gasteiger charge is -2.10. The van der Waals surface area contributed by atoms with Crippen molar-refractivity contribution in [3.05, 3.63) is 73.4 Å². The maximum Gasteiger partial charge on any atom is -0.0196 e. The topological polar surface area (TPSA) is 0 Å². The largest absolute Gasteiger partial charge is 0.0991 e. The highest BCUT2D eigenvalue weighted by Gasteiger charge is 2.03. The van der Waals surface area contributed by atoms with Crippen LogP contribution in [0.15, 0.2) is 73.4 Å². The van der Waals surface area contributed by atoms with Crippen molar-refractivity contribution in [1.82, 2.24) is 0 Å². The fourth-order valence-corrected chi connectivity index (χ4v) is 1.47. The normalized spacial score (nSPS) is 12.8. The fourth-order valence-electron chi connectivity index (χ4n) is 1.47. The SMILES string of the molecule is C=C/C=C\C(=C)C(=C)/C=C\C(=C)C(C)CCCC. The van der Waals surface area contributed by atoms with E-state index < -0.39 is 0 Å². The summed E-state index contributed by atoms with van der Waals surface area (Å²) in [5.41, 5.74) is 2.97. The third-order valence-corrected chi connectivity index (χ3v) is 2.97. The van der Waals surface area contributed by atoms with E-state index >= 15 is 0 Å². The molecular weight excluding hydrogens is 216 g/mol. The molecule has 0 aromatic carbocycles. The average Bonchev–Trinajstić information content (AvgIpc) is 2.38. The molecule has 0 aliphatic rings. The molecule has 0 spiro atoms. The van der Waals surface area contributed by atoms with E-state index in [9.17, 15) is 0 Å². The van der Waals surface area contributed by atoms with Crippen LogP contribution >= 0.6 is 0 Å². The molecule has 0 radical (unpaired) electrons. The van der Waals surface area contributed by atoms with Crippen LogP contribution in [-0.2, 0) is 0 Å². The van der Waals surface area contributed by atoms with Gasteiger partial charge in [0, 0.05) is 0 Å². The molecule has 0 bridgehead atoms. The third-order valence-electron chi connectivity index (χ3n) is 2.97. The number of hydrogen-bond donors (Lipinski definition) is 0. The standard InChI is InChI=1S/C18H26/c1-7-9-11-15(3)17(5)13-14-18(6)16(4)12-10-8-2/h7,9,11,13-14,16H,1,3,5-6,8,10,12H2,2,4H3/b11-9-,14-13-. The van der Waals surface area contributed by atoms with Gasteiger partial charge in [0.05, 0.1) is 0 Å². The van der Waals surface area contributed by atoms with Crippen molar-refractivity contribution in [3.8, 4) is 0 Å². The van der Waals surface area contributed by atoms with E-state index in [1.165, 1.54) is 19.3 Å². The van der Waals surface area contributed by atoms with Gasteiger partial charge < -0.3 is 0 Å². The van der Waals surface area contributed by atoms with Crippen LogP contribution in [-0.4, -0.2) is 0 Å². The van der Waals surface area contributed by atoms with Gasteiger partial charge in [0.15, 0.2) is 0 Å². The first-order valence-corrected chi connectivity index (χ1v) is 6.57. The van der Waals surface area contributed by atoms with Crippen LogP contribution in [0, 0.1) is 5.92 Å². The van der Waals surface area contributed by atoms with Gasteiger partial charge in [0.2, 0.25) is 0 Å². The van der Waals surface area contributed by atoms with E-state index in [-0.39, 0.29) is 0 Å². The summed E-state index contributed by atoms with van der Waals surface area (Å²) < 4.78 is 0. The lowest BCUT2D eigenvalue weighted by Crippen LogP contribution is -1.95. The predicted molar refractivity (Wildman–Crippen MR) is 84.6 cm³/mol. The van der Waals surface area contributed by atoms with Crippen molar-refractivity contribution >= 4 is 0 Å². The molecule has 0 aliphatic heterocycles. The Hall–Kier alpha value is -1.56. The zero-order chi connectivity index (χ0) is 14.0. The highest BCUT2D eigenvalue weighted by atomic mass is 14.1. The first kappa shape index (κ1) is 16.4. The van der Waals surface area contributed by atoms with Crippen LogP contribution in [0.1, 0.15) is 33.1 Å². The van der Waals surface area contributed by atoms with E-state index in [1.54, 1.807) is 6.08 Å². The Morgan fingerprint density at radius 1 is 1.06 bits per heavy atom. The maximum absolute atomic E-state index is 4.11. The second-order valence-corrected chi connectivity index (χ2v) is 4.60. The van der Waals surface area contributed by atoms with Crippen molar-refractivity contribution in [2.75, 3.05) is 0 Å². The Morgan fingerprint density at radius 2 is 1.67 bits per heavy atom. The molecule has 0 heteroatoms. The van der Waals surface area contributed by atoms with Crippen molar-refractivity contribution < 1.29 is 0 Å². The molecule has 1 unspecified atom stereocenters. The second-order valence-electron chi connectivity index (χ2n) is 4.60. The number of unbranched alkanes of at least 4 members (excludes halogenated alkanes) is 1. The maximum atomic E-state index is 4.11. The first-order valence-electron chi connectivity index (χ1n) is 6.57. The smallest absolute Gasteiger partial charge is 0.0196 e. The fraction of sp³-hybridized carbons (Fsp3) is 0.333. The number of rotatable bonds is 9. The van der Waals surface area contributed by atoms with Crippen molar-refractivity contribution in [2.24, 2.45) is 5.92 Å². The Morgan fingerprint density at radius 3 is 2.22 bits per heavy atom. The molecule has 18 heavy (non-hydrogen) atoms. The molecule has 0 saturated carbocycles. The summed E-state index contributed by atoms with van der Waals surface area (Å²) in [7, 11) is 0. The van der Waals surface area contributed by atoms with Crippen LogP contribution in [0.4, 0.5) is 0 Å². The van der Waals surface area contributed by atoms with Crippen molar-refractivity contribution in [1.29, 1.82) is 0 Å². The molecule has 0 aromatic rings. The van der Waals surface area contributed by atoms with Crippen LogP contribution in [0.3, 0.4) is 0 Å². The third kappa shape index (κ3) is 6.90. The zero-order valence-corrected chi connectivity index (χ0v) is 11.9. The van der Waals surface area contributed by atoms with E-state index in [4.69, 9.17) is 0 Å². The van der Waals surface area contributed by atoms with Crippen LogP contribution in [0.2, 0.25) is 0 Å². The molecule has 0 aromatic heterocycles. The molecule has 0 rings (SSSR count). The molecule has 0 N–H and O–H groups in total. The number of hydrogen-bond acceptors (Lipinski definition) is 0. The Balaban J connectivity index is 4.33. The first-order chi connectivity index (χ1) is 8.52. The second kappa shape index (κ2) is 9.47. The summed E-state index contributed by atoms with van der Waals surface area (Å²) in [4.78, 5) is 0. The summed E-state index contributed by atoms with van der Waals surface area (Å²) in [5, 5.41) is 0. The summed E-state index contributed by atoms with van der Waals surface area (Å²) >= 11 is 0. The van der Waals surface area contributed by atoms with Crippen molar-refractivity contribution in [3.63, 3.8) is 0 Å². The van der Waals surface area contributed by atoms with E-state index in [1.807, 2.05) is 18.2 Å². The Bertz CT molecular complexity index is 363. The molecule has 1 atom stereocenters. The van der Waals surface area contributed by atoms with Crippen LogP contribution in [0.25, 0.3) is 0 Å². The number of allylic oxidation sites excluding steroid dienone is 8. The molecule has 0 saturated heterocycles. The molecule has 0 heterocycles. The van der Waals surface area contributed by atoms with E-state index in [2.05, 4.69) is 46.2 Å². The van der Waals surface area contributed by atoms with Crippen molar-refractivity contribution in [2.45, 2.75) is 33.1 Å². The van der Waals surface area contributed by atoms with Gasteiger partial charge in [-0.3, -0.25) is 0 Å². The molecule has 0 aliphatic carbocycles. The highest BCUT2D eigenvalue weighted by molar-refractivity contribution is 5.44. The molecule has 0 fully saturated rings. The minimum absolute atomic E-state index is 0.533. The van der Waals surface area contributed by atoms with Gasteiger partial charge >= 0.3 is 0 Å². The monoisotopic (exact) mass is 242 g/mol. The van der Waals surface area contributed by atoms with Gasteiger partial charge in [-0.25, -0.2) is 0 Å². The van der Waals surface area contributed by atoms with Gasteiger partial charge in [-0.05, 0) is 23.5 Å².